The number of hydrogen-bond donors (Lipinski definition) is 3. The van der Waals surface area contributed by atoms with Crippen molar-refractivity contribution in [3.8, 4) is 0 Å². The van der Waals surface area contributed by atoms with E-state index in [0.717, 1.165) is 6.54 Å². The summed E-state index contributed by atoms with van der Waals surface area (Å²) in [6, 6.07) is -0.209. The molecule has 0 heterocycles. The van der Waals surface area contributed by atoms with Gasteiger partial charge in [0.05, 0.1) is 12.6 Å². The molecule has 0 rings (SSSR count). The summed E-state index contributed by atoms with van der Waals surface area (Å²) >= 11 is 0. The Hall–Kier alpha value is -0.610. The molecule has 0 fully saturated rings. The number of carbonyl (C=O) groups is 1. The molecule has 0 aliphatic heterocycles. The molecule has 14 heavy (non-hydrogen) atoms. The minimum Gasteiger partial charge on any atom is -0.395 e. The molecule has 0 saturated heterocycles. The van der Waals surface area contributed by atoms with E-state index in [-0.39, 0.29) is 24.0 Å². The third kappa shape index (κ3) is 4.58. The Morgan fingerprint density at radius 1 is 1.43 bits per heavy atom. The molecule has 0 aromatic heterocycles. The van der Waals surface area contributed by atoms with Crippen molar-refractivity contribution in [1.29, 1.82) is 0 Å². The van der Waals surface area contributed by atoms with Crippen LogP contribution in [0.15, 0.2) is 0 Å². The van der Waals surface area contributed by atoms with Crippen molar-refractivity contribution in [2.24, 2.45) is 5.41 Å². The summed E-state index contributed by atoms with van der Waals surface area (Å²) in [6.45, 7) is 9.06. The molecule has 0 aromatic rings. The van der Waals surface area contributed by atoms with E-state index in [1.807, 2.05) is 27.7 Å². The van der Waals surface area contributed by atoms with Gasteiger partial charge in [-0.3, -0.25) is 4.79 Å². The van der Waals surface area contributed by atoms with Gasteiger partial charge in [-0.15, -0.1) is 0 Å². The summed E-state index contributed by atoms with van der Waals surface area (Å²) < 4.78 is 0. The van der Waals surface area contributed by atoms with Crippen molar-refractivity contribution in [2.75, 3.05) is 19.7 Å². The lowest BCUT2D eigenvalue weighted by Gasteiger charge is -2.30. The van der Waals surface area contributed by atoms with E-state index in [2.05, 4.69) is 10.6 Å². The van der Waals surface area contributed by atoms with Gasteiger partial charge in [-0.05, 0) is 12.0 Å². The van der Waals surface area contributed by atoms with Gasteiger partial charge in [0.2, 0.25) is 5.91 Å². The predicted octanol–water partition coefficient (Wildman–Crippen LogP) is 0.119. The molecule has 4 nitrogen and oxygen atoms in total. The van der Waals surface area contributed by atoms with Crippen LogP contribution in [0.25, 0.3) is 0 Å². The molecule has 1 atom stereocenters. The number of nitrogens with one attached hydrogen (secondary N) is 2. The summed E-state index contributed by atoms with van der Waals surface area (Å²) in [4.78, 5) is 11.7. The quantitative estimate of drug-likeness (QED) is 0.593. The summed E-state index contributed by atoms with van der Waals surface area (Å²) in [5, 5.41) is 14.4. The number of aliphatic hydroxyl groups excluding tert-OH is 1. The number of carbonyl (C=O) groups excluding carboxylic acids is 1. The highest BCUT2D eigenvalue weighted by Crippen LogP contribution is 2.19. The molecular formula is C10H22N2O2. The molecule has 84 valence electrons. The third-order valence-electron chi connectivity index (χ3n) is 1.95. The van der Waals surface area contributed by atoms with Crippen molar-refractivity contribution >= 4 is 5.91 Å². The highest BCUT2D eigenvalue weighted by atomic mass is 16.3. The average Bonchev–Trinajstić information content (AvgIpc) is 2.08. The zero-order valence-electron chi connectivity index (χ0n) is 9.55. The zero-order chi connectivity index (χ0) is 11.2. The molecular weight excluding hydrogens is 180 g/mol. The first-order valence-corrected chi connectivity index (χ1v) is 5.05. The maximum absolute atomic E-state index is 11.7. The number of aliphatic hydroxyl groups is 1. The first kappa shape index (κ1) is 13.4. The highest BCUT2D eigenvalue weighted by molar-refractivity contribution is 5.82. The minimum atomic E-state index is -0.209. The van der Waals surface area contributed by atoms with Crippen LogP contribution in [-0.4, -0.2) is 36.8 Å². The minimum absolute atomic E-state index is 0.0191. The van der Waals surface area contributed by atoms with Crippen molar-refractivity contribution in [3.05, 3.63) is 0 Å². The summed E-state index contributed by atoms with van der Waals surface area (Å²) in [6.07, 6.45) is 0. The van der Waals surface area contributed by atoms with Crippen LogP contribution >= 0.6 is 0 Å². The van der Waals surface area contributed by atoms with Crippen LogP contribution in [0.2, 0.25) is 0 Å². The Morgan fingerprint density at radius 2 is 2.00 bits per heavy atom. The molecule has 1 amide bonds. The van der Waals surface area contributed by atoms with E-state index in [0.29, 0.717) is 6.54 Å². The first-order valence-electron chi connectivity index (χ1n) is 5.05. The van der Waals surface area contributed by atoms with Gasteiger partial charge in [0, 0.05) is 6.54 Å². The molecule has 3 N–H and O–H groups in total. The fourth-order valence-corrected chi connectivity index (χ4v) is 1.28. The maximum atomic E-state index is 11.7. The third-order valence-corrected chi connectivity index (χ3v) is 1.95. The molecule has 0 spiro atoms. The number of likely N-dealkylation sites (N-methyl/N-ethyl adjacent to an activating group) is 1. The van der Waals surface area contributed by atoms with E-state index in [4.69, 9.17) is 5.11 Å². The number of hydrogen-bond acceptors (Lipinski definition) is 3. The fourth-order valence-electron chi connectivity index (χ4n) is 1.28. The maximum Gasteiger partial charge on any atom is 0.237 e. The molecule has 0 unspecified atom stereocenters. The van der Waals surface area contributed by atoms with Gasteiger partial charge in [-0.2, -0.15) is 0 Å². The predicted molar refractivity (Wildman–Crippen MR) is 57.0 cm³/mol. The monoisotopic (exact) mass is 202 g/mol. The average molecular weight is 202 g/mol. The van der Waals surface area contributed by atoms with Crippen molar-refractivity contribution in [3.63, 3.8) is 0 Å². The van der Waals surface area contributed by atoms with E-state index in [9.17, 15) is 4.79 Å². The van der Waals surface area contributed by atoms with Crippen LogP contribution in [0.5, 0.6) is 0 Å². The second kappa shape index (κ2) is 5.98. The van der Waals surface area contributed by atoms with Gasteiger partial charge in [-0.1, -0.05) is 27.7 Å². The Bertz CT molecular complexity index is 175. The van der Waals surface area contributed by atoms with E-state index < -0.39 is 0 Å². The molecule has 4 heteroatoms. The normalized spacial score (nSPS) is 13.8. The summed E-state index contributed by atoms with van der Waals surface area (Å²) in [7, 11) is 0. The van der Waals surface area contributed by atoms with Crippen LogP contribution in [0.4, 0.5) is 0 Å². The molecule has 0 aliphatic rings. The second-order valence-corrected chi connectivity index (χ2v) is 4.37. The van der Waals surface area contributed by atoms with Gasteiger partial charge in [0.1, 0.15) is 0 Å². The van der Waals surface area contributed by atoms with E-state index in [1.165, 1.54) is 0 Å². The molecule has 0 bridgehead atoms. The van der Waals surface area contributed by atoms with Crippen LogP contribution in [-0.2, 0) is 4.79 Å². The van der Waals surface area contributed by atoms with Crippen LogP contribution in [0, 0.1) is 5.41 Å². The lowest BCUT2D eigenvalue weighted by molar-refractivity contribution is -0.125. The summed E-state index contributed by atoms with van der Waals surface area (Å²) in [5.74, 6) is -0.0478. The zero-order valence-corrected chi connectivity index (χ0v) is 9.55. The largest absolute Gasteiger partial charge is 0.395 e. The SMILES string of the molecule is CCN[C@@H](C(=O)NCCO)C(C)(C)C. The van der Waals surface area contributed by atoms with Crippen LogP contribution < -0.4 is 10.6 Å². The molecule has 0 saturated carbocycles. The van der Waals surface area contributed by atoms with E-state index >= 15 is 0 Å². The Balaban J connectivity index is 4.26. The van der Waals surface area contributed by atoms with Gasteiger partial charge >= 0.3 is 0 Å². The Kier molecular flexibility index (Phi) is 5.72. The fraction of sp³-hybridized carbons (Fsp3) is 0.900. The Morgan fingerprint density at radius 3 is 2.36 bits per heavy atom. The van der Waals surface area contributed by atoms with Crippen LogP contribution in [0.1, 0.15) is 27.7 Å². The highest BCUT2D eigenvalue weighted by Gasteiger charge is 2.29. The van der Waals surface area contributed by atoms with Gasteiger partial charge < -0.3 is 15.7 Å². The Labute approximate surface area is 86.1 Å². The van der Waals surface area contributed by atoms with Crippen molar-refractivity contribution < 1.29 is 9.90 Å². The molecule has 0 radical (unpaired) electrons. The standard InChI is InChI=1S/C10H22N2O2/c1-5-11-8(10(2,3)4)9(14)12-6-7-13/h8,11,13H,5-7H2,1-4H3,(H,12,14)/t8-/m0/s1. The topological polar surface area (TPSA) is 61.4 Å². The lowest BCUT2D eigenvalue weighted by Crippen LogP contribution is -2.52. The lowest BCUT2D eigenvalue weighted by atomic mass is 9.86. The van der Waals surface area contributed by atoms with Crippen LogP contribution in [0.3, 0.4) is 0 Å². The molecule has 0 aromatic carbocycles. The van der Waals surface area contributed by atoms with E-state index in [1.54, 1.807) is 0 Å². The smallest absolute Gasteiger partial charge is 0.237 e. The first-order chi connectivity index (χ1) is 6.43. The molecule has 0 aliphatic carbocycles. The number of amides is 1. The van der Waals surface area contributed by atoms with Crippen molar-refractivity contribution in [1.82, 2.24) is 10.6 Å². The van der Waals surface area contributed by atoms with Crippen molar-refractivity contribution in [2.45, 2.75) is 33.7 Å². The van der Waals surface area contributed by atoms with Gasteiger partial charge in [-0.25, -0.2) is 0 Å². The second-order valence-electron chi connectivity index (χ2n) is 4.37. The number of rotatable bonds is 5. The summed E-state index contributed by atoms with van der Waals surface area (Å²) in [5.41, 5.74) is -0.116. The van der Waals surface area contributed by atoms with Gasteiger partial charge in [0.15, 0.2) is 0 Å². The van der Waals surface area contributed by atoms with Gasteiger partial charge in [0.25, 0.3) is 0 Å².